The van der Waals surface area contributed by atoms with Gasteiger partial charge in [0.05, 0.1) is 17.8 Å². The maximum absolute atomic E-state index is 10.5. The van der Waals surface area contributed by atoms with Crippen molar-refractivity contribution in [2.75, 3.05) is 19.8 Å². The molecule has 0 aliphatic carbocycles. The van der Waals surface area contributed by atoms with Crippen LogP contribution in [0.1, 0.15) is 33.1 Å². The van der Waals surface area contributed by atoms with E-state index in [1.54, 1.807) is 0 Å². The summed E-state index contributed by atoms with van der Waals surface area (Å²) in [7, 11) is 0. The molecule has 0 aromatic heterocycles. The summed E-state index contributed by atoms with van der Waals surface area (Å²) in [5.74, 6) is 0.359. The zero-order valence-electron chi connectivity index (χ0n) is 9.08. The normalized spacial score (nSPS) is 38.8. The lowest BCUT2D eigenvalue weighted by atomic mass is 9.78. The third-order valence-electron chi connectivity index (χ3n) is 3.43. The minimum absolute atomic E-state index is 0.160. The monoisotopic (exact) mass is 200 g/mol. The molecule has 3 nitrogen and oxygen atoms in total. The highest BCUT2D eigenvalue weighted by Gasteiger charge is 2.48. The van der Waals surface area contributed by atoms with E-state index in [9.17, 15) is 5.11 Å². The van der Waals surface area contributed by atoms with Crippen LogP contribution in [0.15, 0.2) is 0 Å². The minimum Gasteiger partial charge on any atom is -0.387 e. The van der Waals surface area contributed by atoms with Crippen LogP contribution < -0.4 is 0 Å². The van der Waals surface area contributed by atoms with E-state index in [4.69, 9.17) is 9.47 Å². The Balaban J connectivity index is 2.01. The van der Waals surface area contributed by atoms with E-state index in [1.807, 2.05) is 13.8 Å². The van der Waals surface area contributed by atoms with E-state index < -0.39 is 5.60 Å². The van der Waals surface area contributed by atoms with Crippen LogP contribution >= 0.6 is 0 Å². The Morgan fingerprint density at radius 3 is 2.36 bits per heavy atom. The van der Waals surface area contributed by atoms with Crippen LogP contribution in [-0.4, -0.2) is 36.1 Å². The molecule has 82 valence electrons. The van der Waals surface area contributed by atoms with Crippen molar-refractivity contribution >= 4 is 0 Å². The molecule has 0 bridgehead atoms. The molecule has 3 heteroatoms. The van der Waals surface area contributed by atoms with Crippen molar-refractivity contribution in [1.82, 2.24) is 0 Å². The number of rotatable bonds is 1. The van der Waals surface area contributed by atoms with Gasteiger partial charge in [0.2, 0.25) is 0 Å². The van der Waals surface area contributed by atoms with Crippen LogP contribution in [0, 0.1) is 5.92 Å². The summed E-state index contributed by atoms with van der Waals surface area (Å²) in [4.78, 5) is 0. The van der Waals surface area contributed by atoms with Gasteiger partial charge in [0, 0.05) is 19.6 Å². The summed E-state index contributed by atoms with van der Waals surface area (Å²) in [6.45, 7) is 6.15. The molecule has 2 rings (SSSR count). The molecule has 0 radical (unpaired) electrons. The van der Waals surface area contributed by atoms with E-state index in [0.29, 0.717) is 12.5 Å². The summed E-state index contributed by atoms with van der Waals surface area (Å²) in [5, 5.41) is 10.5. The molecule has 2 heterocycles. The zero-order chi connectivity index (χ0) is 10.2. The molecule has 0 saturated carbocycles. The summed E-state index contributed by atoms with van der Waals surface area (Å²) in [6, 6.07) is 0. The first kappa shape index (κ1) is 10.4. The van der Waals surface area contributed by atoms with Crippen molar-refractivity contribution in [2.24, 2.45) is 5.92 Å². The van der Waals surface area contributed by atoms with E-state index >= 15 is 0 Å². The van der Waals surface area contributed by atoms with Crippen molar-refractivity contribution in [3.8, 4) is 0 Å². The Labute approximate surface area is 85.4 Å². The molecule has 0 spiro atoms. The lowest BCUT2D eigenvalue weighted by molar-refractivity contribution is -0.0683. The predicted molar refractivity (Wildman–Crippen MR) is 53.1 cm³/mol. The van der Waals surface area contributed by atoms with Crippen molar-refractivity contribution in [1.29, 1.82) is 0 Å². The second-order valence-electron chi connectivity index (χ2n) is 5.22. The highest BCUT2D eigenvalue weighted by molar-refractivity contribution is 4.97. The maximum atomic E-state index is 10.5. The van der Waals surface area contributed by atoms with Crippen LogP contribution in [0.5, 0.6) is 0 Å². The Hall–Kier alpha value is -0.120. The van der Waals surface area contributed by atoms with Crippen LogP contribution in [-0.2, 0) is 9.47 Å². The standard InChI is InChI=1S/C11H20O3/c1-10(2)7-11(12,8-14-10)9-3-5-13-6-4-9/h9,12H,3-8H2,1-2H3. The molecule has 0 aromatic rings. The minimum atomic E-state index is -0.604. The Bertz CT molecular complexity index is 209. The fourth-order valence-electron chi connectivity index (χ4n) is 2.66. The lowest BCUT2D eigenvalue weighted by Gasteiger charge is -2.34. The molecule has 1 atom stereocenters. The first-order chi connectivity index (χ1) is 6.52. The first-order valence-electron chi connectivity index (χ1n) is 5.46. The highest BCUT2D eigenvalue weighted by Crippen LogP contribution is 2.40. The molecule has 0 amide bonds. The SMILES string of the molecule is CC1(C)CC(O)(C2CCOCC2)CO1. The van der Waals surface area contributed by atoms with Crippen molar-refractivity contribution in [3.63, 3.8) is 0 Å². The van der Waals surface area contributed by atoms with Gasteiger partial charge >= 0.3 is 0 Å². The number of hydrogen-bond donors (Lipinski definition) is 1. The molecule has 2 saturated heterocycles. The number of aliphatic hydroxyl groups is 1. The lowest BCUT2D eigenvalue weighted by Crippen LogP contribution is -2.42. The molecule has 1 N–H and O–H groups in total. The Morgan fingerprint density at radius 1 is 1.21 bits per heavy atom. The van der Waals surface area contributed by atoms with Crippen molar-refractivity contribution < 1.29 is 14.6 Å². The highest BCUT2D eigenvalue weighted by atomic mass is 16.5. The molecule has 0 aromatic carbocycles. The Morgan fingerprint density at radius 2 is 1.86 bits per heavy atom. The first-order valence-corrected chi connectivity index (χ1v) is 5.46. The van der Waals surface area contributed by atoms with Crippen molar-refractivity contribution in [2.45, 2.75) is 44.3 Å². The number of hydrogen-bond acceptors (Lipinski definition) is 3. The van der Waals surface area contributed by atoms with Crippen LogP contribution in [0.3, 0.4) is 0 Å². The second-order valence-corrected chi connectivity index (χ2v) is 5.22. The number of ether oxygens (including phenoxy) is 2. The molecule has 2 aliphatic heterocycles. The average molecular weight is 200 g/mol. The van der Waals surface area contributed by atoms with Crippen LogP contribution in [0.2, 0.25) is 0 Å². The van der Waals surface area contributed by atoms with E-state index in [1.165, 1.54) is 0 Å². The van der Waals surface area contributed by atoms with E-state index in [-0.39, 0.29) is 5.60 Å². The van der Waals surface area contributed by atoms with Gasteiger partial charge in [-0.05, 0) is 32.6 Å². The summed E-state index contributed by atoms with van der Waals surface area (Å²) >= 11 is 0. The van der Waals surface area contributed by atoms with Gasteiger partial charge < -0.3 is 14.6 Å². The molecule has 1 unspecified atom stereocenters. The maximum Gasteiger partial charge on any atom is 0.0937 e. The fraction of sp³-hybridized carbons (Fsp3) is 1.00. The van der Waals surface area contributed by atoms with Gasteiger partial charge in [-0.2, -0.15) is 0 Å². The predicted octanol–water partition coefficient (Wildman–Crippen LogP) is 1.34. The molecule has 2 aliphatic rings. The molecule has 2 fully saturated rings. The van der Waals surface area contributed by atoms with Gasteiger partial charge in [-0.25, -0.2) is 0 Å². The second kappa shape index (κ2) is 3.47. The largest absolute Gasteiger partial charge is 0.387 e. The third-order valence-corrected chi connectivity index (χ3v) is 3.43. The van der Waals surface area contributed by atoms with E-state index in [2.05, 4.69) is 0 Å². The van der Waals surface area contributed by atoms with Gasteiger partial charge in [0.1, 0.15) is 0 Å². The smallest absolute Gasteiger partial charge is 0.0937 e. The summed E-state index contributed by atoms with van der Waals surface area (Å²) in [5.41, 5.74) is -0.764. The van der Waals surface area contributed by atoms with Gasteiger partial charge in [0.25, 0.3) is 0 Å². The summed E-state index contributed by atoms with van der Waals surface area (Å²) in [6.07, 6.45) is 2.69. The van der Waals surface area contributed by atoms with Gasteiger partial charge in [0.15, 0.2) is 0 Å². The Kier molecular flexibility index (Phi) is 2.58. The third kappa shape index (κ3) is 1.95. The van der Waals surface area contributed by atoms with Gasteiger partial charge in [-0.1, -0.05) is 0 Å². The topological polar surface area (TPSA) is 38.7 Å². The molecular formula is C11H20O3. The van der Waals surface area contributed by atoms with E-state index in [0.717, 1.165) is 32.5 Å². The molecule has 14 heavy (non-hydrogen) atoms. The van der Waals surface area contributed by atoms with Crippen molar-refractivity contribution in [3.05, 3.63) is 0 Å². The average Bonchev–Trinajstić information content (AvgIpc) is 2.44. The van der Waals surface area contributed by atoms with Crippen LogP contribution in [0.4, 0.5) is 0 Å². The summed E-state index contributed by atoms with van der Waals surface area (Å²) < 4.78 is 10.9. The fourth-order valence-corrected chi connectivity index (χ4v) is 2.66. The zero-order valence-corrected chi connectivity index (χ0v) is 9.08. The van der Waals surface area contributed by atoms with Gasteiger partial charge in [-0.15, -0.1) is 0 Å². The quantitative estimate of drug-likeness (QED) is 0.694. The van der Waals surface area contributed by atoms with Gasteiger partial charge in [-0.3, -0.25) is 0 Å². The van der Waals surface area contributed by atoms with Crippen LogP contribution in [0.25, 0.3) is 0 Å². The molecular weight excluding hydrogens is 180 g/mol.